The largest absolute Gasteiger partial charge is 0.490 e. The molecule has 1 unspecified atom stereocenters. The van der Waals surface area contributed by atoms with Crippen LogP contribution in [0.15, 0.2) is 104 Å². The van der Waals surface area contributed by atoms with Crippen molar-refractivity contribution in [1.29, 1.82) is 0 Å². The number of nitrogens with zero attached hydrogens (tertiary/aromatic N) is 1. The Hall–Kier alpha value is -3.85. The molecule has 158 valence electrons. The zero-order valence-corrected chi connectivity index (χ0v) is 17.9. The monoisotopic (exact) mass is 419 g/mol. The van der Waals surface area contributed by atoms with E-state index in [0.29, 0.717) is 19.6 Å². The van der Waals surface area contributed by atoms with Gasteiger partial charge >= 0.3 is 0 Å². The predicted octanol–water partition coefficient (Wildman–Crippen LogP) is 6.47. The van der Waals surface area contributed by atoms with Gasteiger partial charge in [-0.2, -0.15) is 0 Å². The fourth-order valence-corrected chi connectivity index (χ4v) is 4.58. The standard InChI is InChI=1S/C29H25NO2/c1-2-18-32-24-15-12-23(13-16-24)26-19-28(31)30(20-21-8-4-3-5-9-21)27-17-14-22-10-6-7-11-25(22)29(26)27/h2-17,26H,1,18-20H2. The van der Waals surface area contributed by atoms with E-state index in [1.165, 1.54) is 16.3 Å². The van der Waals surface area contributed by atoms with Gasteiger partial charge in [0.1, 0.15) is 12.4 Å². The van der Waals surface area contributed by atoms with Crippen LogP contribution in [0.3, 0.4) is 0 Å². The highest BCUT2D eigenvalue weighted by Gasteiger charge is 2.33. The Morgan fingerprint density at radius 2 is 1.66 bits per heavy atom. The maximum absolute atomic E-state index is 13.4. The van der Waals surface area contributed by atoms with Gasteiger partial charge in [-0.3, -0.25) is 4.79 Å². The van der Waals surface area contributed by atoms with Crippen molar-refractivity contribution >= 4 is 22.4 Å². The van der Waals surface area contributed by atoms with E-state index in [4.69, 9.17) is 4.74 Å². The summed E-state index contributed by atoms with van der Waals surface area (Å²) in [6.45, 7) is 4.75. The second-order valence-corrected chi connectivity index (χ2v) is 8.11. The van der Waals surface area contributed by atoms with Gasteiger partial charge in [-0.1, -0.05) is 85.5 Å². The van der Waals surface area contributed by atoms with E-state index in [2.05, 4.69) is 67.2 Å². The zero-order chi connectivity index (χ0) is 21.9. The Kier molecular flexibility index (Phi) is 5.47. The third-order valence-corrected chi connectivity index (χ3v) is 6.10. The topological polar surface area (TPSA) is 29.5 Å². The molecule has 1 aliphatic rings. The molecule has 3 nitrogen and oxygen atoms in total. The van der Waals surface area contributed by atoms with Crippen LogP contribution >= 0.6 is 0 Å². The molecule has 32 heavy (non-hydrogen) atoms. The van der Waals surface area contributed by atoms with E-state index in [0.717, 1.165) is 22.6 Å². The number of ether oxygens (including phenoxy) is 1. The number of anilines is 1. The summed E-state index contributed by atoms with van der Waals surface area (Å²) >= 11 is 0. The first kappa shape index (κ1) is 20.1. The molecule has 0 saturated carbocycles. The summed E-state index contributed by atoms with van der Waals surface area (Å²) in [7, 11) is 0. The van der Waals surface area contributed by atoms with Crippen LogP contribution in [-0.2, 0) is 11.3 Å². The first-order chi connectivity index (χ1) is 15.7. The molecule has 1 aliphatic heterocycles. The second-order valence-electron chi connectivity index (χ2n) is 8.11. The molecule has 4 aromatic rings. The average Bonchev–Trinajstić information content (AvgIpc) is 2.85. The van der Waals surface area contributed by atoms with Crippen molar-refractivity contribution in [1.82, 2.24) is 0 Å². The van der Waals surface area contributed by atoms with E-state index < -0.39 is 0 Å². The third-order valence-electron chi connectivity index (χ3n) is 6.10. The van der Waals surface area contributed by atoms with Gasteiger partial charge in [-0.25, -0.2) is 0 Å². The van der Waals surface area contributed by atoms with E-state index >= 15 is 0 Å². The molecule has 0 fully saturated rings. The smallest absolute Gasteiger partial charge is 0.228 e. The molecule has 0 aromatic heterocycles. The maximum atomic E-state index is 13.4. The first-order valence-electron chi connectivity index (χ1n) is 10.9. The Morgan fingerprint density at radius 3 is 2.44 bits per heavy atom. The van der Waals surface area contributed by atoms with Crippen LogP contribution in [0.25, 0.3) is 10.8 Å². The molecule has 0 aliphatic carbocycles. The van der Waals surface area contributed by atoms with Crippen molar-refractivity contribution in [2.45, 2.75) is 18.9 Å². The molecule has 4 aromatic carbocycles. The average molecular weight is 420 g/mol. The molecule has 0 N–H and O–H groups in total. The van der Waals surface area contributed by atoms with Crippen LogP contribution in [0.5, 0.6) is 5.75 Å². The van der Waals surface area contributed by atoms with Gasteiger partial charge in [0.05, 0.1) is 6.54 Å². The quantitative estimate of drug-likeness (QED) is 0.335. The van der Waals surface area contributed by atoms with Gasteiger partial charge in [0.25, 0.3) is 0 Å². The van der Waals surface area contributed by atoms with Crippen LogP contribution in [0.4, 0.5) is 5.69 Å². The van der Waals surface area contributed by atoms with E-state index in [1.807, 2.05) is 35.2 Å². The number of carbonyl (C=O) groups excluding carboxylic acids is 1. The van der Waals surface area contributed by atoms with Gasteiger partial charge in [0.15, 0.2) is 0 Å². The summed E-state index contributed by atoms with van der Waals surface area (Å²) in [4.78, 5) is 15.3. The van der Waals surface area contributed by atoms with Crippen LogP contribution in [0.2, 0.25) is 0 Å². The fraction of sp³-hybridized carbons (Fsp3) is 0.138. The van der Waals surface area contributed by atoms with Crippen molar-refractivity contribution in [3.63, 3.8) is 0 Å². The highest BCUT2D eigenvalue weighted by atomic mass is 16.5. The molecular weight excluding hydrogens is 394 g/mol. The minimum Gasteiger partial charge on any atom is -0.490 e. The molecule has 1 atom stereocenters. The first-order valence-corrected chi connectivity index (χ1v) is 10.9. The molecule has 1 amide bonds. The summed E-state index contributed by atoms with van der Waals surface area (Å²) in [6.07, 6.45) is 2.18. The number of carbonyl (C=O) groups is 1. The maximum Gasteiger partial charge on any atom is 0.228 e. The summed E-state index contributed by atoms with van der Waals surface area (Å²) in [5.41, 5.74) is 4.47. The number of amides is 1. The summed E-state index contributed by atoms with van der Waals surface area (Å²) < 4.78 is 5.65. The molecule has 3 heteroatoms. The summed E-state index contributed by atoms with van der Waals surface area (Å²) in [5, 5.41) is 2.39. The Balaban J connectivity index is 1.60. The Bertz CT molecular complexity index is 1260. The molecule has 5 rings (SSSR count). The highest BCUT2D eigenvalue weighted by Crippen LogP contribution is 2.44. The van der Waals surface area contributed by atoms with Crippen LogP contribution in [0, 0.1) is 0 Å². The van der Waals surface area contributed by atoms with Gasteiger partial charge in [-0.05, 0) is 45.7 Å². The highest BCUT2D eigenvalue weighted by molar-refractivity contribution is 6.03. The molecule has 1 heterocycles. The van der Waals surface area contributed by atoms with Crippen LogP contribution in [-0.4, -0.2) is 12.5 Å². The number of benzene rings is 4. The Labute approximate surface area is 188 Å². The van der Waals surface area contributed by atoms with Crippen molar-refractivity contribution in [2.24, 2.45) is 0 Å². The Morgan fingerprint density at radius 1 is 0.906 bits per heavy atom. The van der Waals surface area contributed by atoms with Gasteiger partial charge < -0.3 is 9.64 Å². The van der Waals surface area contributed by atoms with Gasteiger partial charge in [-0.15, -0.1) is 0 Å². The van der Waals surface area contributed by atoms with Gasteiger partial charge in [0.2, 0.25) is 5.91 Å². The molecular formula is C29H25NO2. The minimum absolute atomic E-state index is 0.00378. The fourth-order valence-electron chi connectivity index (χ4n) is 4.58. The van der Waals surface area contributed by atoms with Crippen molar-refractivity contribution < 1.29 is 9.53 Å². The van der Waals surface area contributed by atoms with Crippen LogP contribution in [0.1, 0.15) is 29.0 Å². The SMILES string of the molecule is C=CCOc1ccc(C2CC(=O)N(Cc3ccccc3)c3ccc4ccccc4c32)cc1. The van der Waals surface area contributed by atoms with E-state index in [-0.39, 0.29) is 11.8 Å². The molecule has 0 spiro atoms. The number of rotatable bonds is 6. The van der Waals surface area contributed by atoms with Crippen molar-refractivity contribution in [3.05, 3.63) is 120 Å². The number of hydrogen-bond acceptors (Lipinski definition) is 2. The van der Waals surface area contributed by atoms with Crippen LogP contribution < -0.4 is 9.64 Å². The van der Waals surface area contributed by atoms with Crippen molar-refractivity contribution in [3.8, 4) is 5.75 Å². The third kappa shape index (κ3) is 3.78. The second kappa shape index (κ2) is 8.72. The van der Waals surface area contributed by atoms with E-state index in [1.54, 1.807) is 6.08 Å². The lowest BCUT2D eigenvalue weighted by Gasteiger charge is -2.35. The lowest BCUT2D eigenvalue weighted by atomic mass is 9.81. The minimum atomic E-state index is 0.00378. The summed E-state index contributed by atoms with van der Waals surface area (Å²) in [5.74, 6) is 0.956. The summed E-state index contributed by atoms with van der Waals surface area (Å²) in [6, 6.07) is 30.9. The lowest BCUT2D eigenvalue weighted by Crippen LogP contribution is -2.36. The lowest BCUT2D eigenvalue weighted by molar-refractivity contribution is -0.119. The molecule has 0 radical (unpaired) electrons. The van der Waals surface area contributed by atoms with E-state index in [9.17, 15) is 4.79 Å². The zero-order valence-electron chi connectivity index (χ0n) is 17.9. The van der Waals surface area contributed by atoms with Crippen molar-refractivity contribution in [2.75, 3.05) is 11.5 Å². The number of hydrogen-bond donors (Lipinski definition) is 0. The molecule has 0 bridgehead atoms. The predicted molar refractivity (Wildman–Crippen MR) is 130 cm³/mol. The van der Waals surface area contributed by atoms with Gasteiger partial charge in [0, 0.05) is 18.0 Å². The molecule has 0 saturated heterocycles. The number of fused-ring (bicyclic) bond motifs is 3. The normalized spacial score (nSPS) is 15.4.